The second kappa shape index (κ2) is 9.00. The van der Waals surface area contributed by atoms with E-state index in [-0.39, 0.29) is 5.82 Å². The highest BCUT2D eigenvalue weighted by atomic mass is 19.1. The van der Waals surface area contributed by atoms with E-state index in [4.69, 9.17) is 4.74 Å². The first-order valence-corrected chi connectivity index (χ1v) is 8.14. The van der Waals surface area contributed by atoms with E-state index >= 15 is 0 Å². The van der Waals surface area contributed by atoms with Crippen LogP contribution in [0.5, 0.6) is 5.75 Å². The number of nitrogens with one attached hydrogen (secondary N) is 1. The molecule has 21 heavy (non-hydrogen) atoms. The van der Waals surface area contributed by atoms with Crippen molar-refractivity contribution in [3.8, 4) is 5.75 Å². The van der Waals surface area contributed by atoms with Gasteiger partial charge in [-0.25, -0.2) is 4.39 Å². The lowest BCUT2D eigenvalue weighted by Crippen LogP contribution is -2.33. The minimum Gasteiger partial charge on any atom is -0.489 e. The molecule has 1 heterocycles. The standard InChI is InChI=1S/C17H27FN2O/c1-2-8-19-14-15-6-7-17(16(18)13-15)21-12-11-20-9-4-3-5-10-20/h6-7,13,19H,2-5,8-12,14H2,1H3. The fraction of sp³-hybridized carbons (Fsp3) is 0.647. The summed E-state index contributed by atoms with van der Waals surface area (Å²) in [7, 11) is 0. The van der Waals surface area contributed by atoms with Gasteiger partial charge >= 0.3 is 0 Å². The van der Waals surface area contributed by atoms with Crippen molar-refractivity contribution >= 4 is 0 Å². The molecule has 0 spiro atoms. The molecule has 1 N–H and O–H groups in total. The van der Waals surface area contributed by atoms with Crippen LogP contribution in [0, 0.1) is 5.82 Å². The number of piperidine rings is 1. The van der Waals surface area contributed by atoms with E-state index in [2.05, 4.69) is 17.1 Å². The van der Waals surface area contributed by atoms with Crippen molar-refractivity contribution in [1.29, 1.82) is 0 Å². The van der Waals surface area contributed by atoms with Crippen LogP contribution in [0.4, 0.5) is 4.39 Å². The summed E-state index contributed by atoms with van der Waals surface area (Å²) in [4.78, 5) is 2.39. The Bertz CT molecular complexity index is 419. The molecule has 2 rings (SSSR count). The van der Waals surface area contributed by atoms with E-state index < -0.39 is 0 Å². The Hall–Kier alpha value is -1.13. The first-order chi connectivity index (χ1) is 10.3. The molecule has 1 aromatic carbocycles. The van der Waals surface area contributed by atoms with E-state index in [0.29, 0.717) is 18.9 Å². The monoisotopic (exact) mass is 294 g/mol. The summed E-state index contributed by atoms with van der Waals surface area (Å²) in [5, 5.41) is 3.27. The number of rotatable bonds is 8. The van der Waals surface area contributed by atoms with Crippen LogP contribution in [-0.2, 0) is 6.54 Å². The van der Waals surface area contributed by atoms with E-state index in [1.807, 2.05) is 6.07 Å². The summed E-state index contributed by atoms with van der Waals surface area (Å²) in [6.45, 7) is 7.52. The number of hydrogen-bond donors (Lipinski definition) is 1. The molecule has 1 aliphatic heterocycles. The number of ether oxygens (including phenoxy) is 1. The second-order valence-corrected chi connectivity index (χ2v) is 5.69. The molecule has 118 valence electrons. The highest BCUT2D eigenvalue weighted by Gasteiger charge is 2.10. The third-order valence-corrected chi connectivity index (χ3v) is 3.87. The highest BCUT2D eigenvalue weighted by molar-refractivity contribution is 5.29. The van der Waals surface area contributed by atoms with Crippen LogP contribution in [0.15, 0.2) is 18.2 Å². The Morgan fingerprint density at radius 3 is 2.76 bits per heavy atom. The number of benzene rings is 1. The molecule has 0 bridgehead atoms. The molecule has 3 nitrogen and oxygen atoms in total. The van der Waals surface area contributed by atoms with Crippen molar-refractivity contribution in [2.75, 3.05) is 32.8 Å². The highest BCUT2D eigenvalue weighted by Crippen LogP contribution is 2.18. The number of halogens is 1. The molecule has 1 aliphatic rings. The van der Waals surface area contributed by atoms with Gasteiger partial charge in [0.1, 0.15) is 6.61 Å². The van der Waals surface area contributed by atoms with Crippen molar-refractivity contribution in [2.45, 2.75) is 39.2 Å². The molecule has 1 saturated heterocycles. The first kappa shape index (κ1) is 16.2. The Labute approximate surface area is 127 Å². The van der Waals surface area contributed by atoms with Gasteiger partial charge in [-0.2, -0.15) is 0 Å². The van der Waals surface area contributed by atoms with Crippen molar-refractivity contribution < 1.29 is 9.13 Å². The lowest BCUT2D eigenvalue weighted by atomic mass is 10.1. The average molecular weight is 294 g/mol. The van der Waals surface area contributed by atoms with Crippen molar-refractivity contribution in [3.05, 3.63) is 29.6 Å². The van der Waals surface area contributed by atoms with Gasteiger partial charge in [-0.1, -0.05) is 19.4 Å². The summed E-state index contributed by atoms with van der Waals surface area (Å²) in [5.74, 6) is 0.107. The Morgan fingerprint density at radius 1 is 1.24 bits per heavy atom. The fourth-order valence-corrected chi connectivity index (χ4v) is 2.65. The maximum atomic E-state index is 14.0. The molecule has 1 fully saturated rings. The second-order valence-electron chi connectivity index (χ2n) is 5.69. The molecule has 4 heteroatoms. The zero-order valence-electron chi connectivity index (χ0n) is 13.0. The molecule has 0 unspecified atom stereocenters. The van der Waals surface area contributed by atoms with Gasteiger partial charge in [-0.05, 0) is 56.6 Å². The van der Waals surface area contributed by atoms with Crippen LogP contribution in [0.3, 0.4) is 0 Å². The van der Waals surface area contributed by atoms with Gasteiger partial charge in [0.15, 0.2) is 11.6 Å². The predicted molar refractivity (Wildman–Crippen MR) is 84.2 cm³/mol. The quantitative estimate of drug-likeness (QED) is 0.745. The van der Waals surface area contributed by atoms with Crippen molar-refractivity contribution in [1.82, 2.24) is 10.2 Å². The third-order valence-electron chi connectivity index (χ3n) is 3.87. The minimum absolute atomic E-state index is 0.260. The zero-order chi connectivity index (χ0) is 14.9. The number of nitrogens with zero attached hydrogens (tertiary/aromatic N) is 1. The molecular weight excluding hydrogens is 267 g/mol. The molecule has 0 aromatic heterocycles. The van der Waals surface area contributed by atoms with Gasteiger partial charge in [0.05, 0.1) is 0 Å². The van der Waals surface area contributed by atoms with Crippen LogP contribution in [0.1, 0.15) is 38.2 Å². The topological polar surface area (TPSA) is 24.5 Å². The zero-order valence-corrected chi connectivity index (χ0v) is 13.0. The van der Waals surface area contributed by atoms with Crippen LogP contribution in [0.25, 0.3) is 0 Å². The summed E-state index contributed by atoms with van der Waals surface area (Å²) in [6, 6.07) is 5.25. The van der Waals surface area contributed by atoms with Gasteiger partial charge in [0.25, 0.3) is 0 Å². The van der Waals surface area contributed by atoms with Crippen LogP contribution < -0.4 is 10.1 Å². The molecule has 1 aromatic rings. The van der Waals surface area contributed by atoms with Crippen LogP contribution >= 0.6 is 0 Å². The first-order valence-electron chi connectivity index (χ1n) is 8.14. The molecule has 0 saturated carbocycles. The van der Waals surface area contributed by atoms with Crippen LogP contribution in [0.2, 0.25) is 0 Å². The van der Waals surface area contributed by atoms with Crippen molar-refractivity contribution in [3.63, 3.8) is 0 Å². The average Bonchev–Trinajstić information content (AvgIpc) is 2.51. The SMILES string of the molecule is CCCNCc1ccc(OCCN2CCCCC2)c(F)c1. The van der Waals surface area contributed by atoms with Crippen molar-refractivity contribution in [2.24, 2.45) is 0 Å². The fourth-order valence-electron chi connectivity index (χ4n) is 2.65. The Morgan fingerprint density at radius 2 is 2.05 bits per heavy atom. The number of likely N-dealkylation sites (tertiary alicyclic amines) is 1. The summed E-state index contributed by atoms with van der Waals surface area (Å²) in [6.07, 6.45) is 4.96. The van der Waals surface area contributed by atoms with Gasteiger partial charge in [-0.15, -0.1) is 0 Å². The van der Waals surface area contributed by atoms with E-state index in [9.17, 15) is 4.39 Å². The molecule has 0 amide bonds. The van der Waals surface area contributed by atoms with Gasteiger partial charge in [-0.3, -0.25) is 4.90 Å². The van der Waals surface area contributed by atoms with E-state index in [0.717, 1.165) is 38.2 Å². The predicted octanol–water partition coefficient (Wildman–Crippen LogP) is 3.19. The third kappa shape index (κ3) is 5.64. The summed E-state index contributed by atoms with van der Waals surface area (Å²) in [5.41, 5.74) is 0.962. The lowest BCUT2D eigenvalue weighted by molar-refractivity contribution is 0.180. The van der Waals surface area contributed by atoms with Crippen LogP contribution in [-0.4, -0.2) is 37.7 Å². The maximum absolute atomic E-state index is 14.0. The molecule has 0 aliphatic carbocycles. The van der Waals surface area contributed by atoms with E-state index in [1.165, 1.54) is 19.3 Å². The Balaban J connectivity index is 1.74. The molecular formula is C17H27FN2O. The summed E-state index contributed by atoms with van der Waals surface area (Å²) >= 11 is 0. The minimum atomic E-state index is -0.260. The van der Waals surface area contributed by atoms with Gasteiger partial charge in [0, 0.05) is 13.1 Å². The summed E-state index contributed by atoms with van der Waals surface area (Å²) < 4.78 is 19.5. The van der Waals surface area contributed by atoms with E-state index in [1.54, 1.807) is 12.1 Å². The number of hydrogen-bond acceptors (Lipinski definition) is 3. The molecule has 0 atom stereocenters. The van der Waals surface area contributed by atoms with Gasteiger partial charge in [0.2, 0.25) is 0 Å². The maximum Gasteiger partial charge on any atom is 0.165 e. The molecule has 0 radical (unpaired) electrons. The largest absolute Gasteiger partial charge is 0.489 e. The Kier molecular flexibility index (Phi) is 6.96. The normalized spacial score (nSPS) is 16.1. The smallest absolute Gasteiger partial charge is 0.165 e. The van der Waals surface area contributed by atoms with Gasteiger partial charge < -0.3 is 10.1 Å². The lowest BCUT2D eigenvalue weighted by Gasteiger charge is -2.26.